The first-order chi connectivity index (χ1) is 14.1. The summed E-state index contributed by atoms with van der Waals surface area (Å²) in [6.45, 7) is 1.93. The molecule has 3 aromatic rings. The van der Waals surface area contributed by atoms with Crippen LogP contribution in [-0.4, -0.2) is 85.9 Å². The van der Waals surface area contributed by atoms with E-state index in [1.54, 1.807) is 4.90 Å². The topological polar surface area (TPSA) is 160 Å². The van der Waals surface area contributed by atoms with Gasteiger partial charge in [0.1, 0.15) is 39.3 Å². The van der Waals surface area contributed by atoms with E-state index in [1.807, 2.05) is 14.1 Å². The van der Waals surface area contributed by atoms with Crippen molar-refractivity contribution in [3.05, 3.63) is 28.8 Å². The molecule has 0 spiro atoms. The smallest absolute Gasteiger partial charge is 0.337 e. The zero-order valence-corrected chi connectivity index (χ0v) is 16.7. The number of likely N-dealkylation sites (N-methyl/N-ethyl adjacent to an activating group) is 1. The zero-order chi connectivity index (χ0) is 22.2. The number of carboxylic acid groups (broad SMARTS) is 1. The molecule has 5 N–H and O–H groups in total. The van der Waals surface area contributed by atoms with Gasteiger partial charge < -0.3 is 30.4 Å². The van der Waals surface area contributed by atoms with Crippen molar-refractivity contribution in [2.75, 3.05) is 27.2 Å². The fourth-order valence-electron chi connectivity index (χ4n) is 3.12. The van der Waals surface area contributed by atoms with E-state index >= 15 is 0 Å². The van der Waals surface area contributed by atoms with Gasteiger partial charge in [0.05, 0.1) is 23.8 Å². The molecule has 2 aromatic carbocycles. The van der Waals surface area contributed by atoms with E-state index in [9.17, 15) is 30.3 Å². The van der Waals surface area contributed by atoms with Crippen LogP contribution in [0.3, 0.4) is 0 Å². The van der Waals surface area contributed by atoms with E-state index in [2.05, 4.69) is 15.0 Å². The number of carbonyl (C=O) groups is 1. The quantitative estimate of drug-likeness (QED) is 0.295. The second-order valence-corrected chi connectivity index (χ2v) is 7.20. The molecule has 158 valence electrons. The van der Waals surface area contributed by atoms with Crippen molar-refractivity contribution in [2.24, 2.45) is 4.99 Å². The van der Waals surface area contributed by atoms with Gasteiger partial charge in [0.15, 0.2) is 0 Å². The Labute approximate surface area is 171 Å². The molecule has 10 heteroatoms. The predicted octanol–water partition coefficient (Wildman–Crippen LogP) is 1.25. The number of aliphatic hydroxyl groups is 1. The first kappa shape index (κ1) is 21.2. The van der Waals surface area contributed by atoms with Gasteiger partial charge in [-0.3, -0.25) is 4.99 Å². The molecule has 0 saturated heterocycles. The summed E-state index contributed by atoms with van der Waals surface area (Å²) >= 11 is 0. The van der Waals surface area contributed by atoms with Crippen LogP contribution in [0.4, 0.5) is 0 Å². The minimum absolute atomic E-state index is 0.0341. The number of aromatic carboxylic acids is 1. The highest BCUT2D eigenvalue weighted by molar-refractivity contribution is 6.08. The summed E-state index contributed by atoms with van der Waals surface area (Å²) in [5.41, 5.74) is -0.139. The third-order valence-electron chi connectivity index (χ3n) is 4.59. The van der Waals surface area contributed by atoms with Crippen molar-refractivity contribution in [3.63, 3.8) is 0 Å². The Morgan fingerprint density at radius 1 is 1.10 bits per heavy atom. The number of rotatable bonds is 6. The van der Waals surface area contributed by atoms with Gasteiger partial charge >= 0.3 is 5.97 Å². The van der Waals surface area contributed by atoms with Gasteiger partial charge in [0, 0.05) is 18.3 Å². The Hall–Kier alpha value is -3.50. The number of carboxylic acids is 1. The average molecular weight is 414 g/mol. The first-order valence-electron chi connectivity index (χ1n) is 9.05. The van der Waals surface area contributed by atoms with Gasteiger partial charge in [-0.15, -0.1) is 0 Å². The largest absolute Gasteiger partial charge is 0.507 e. The van der Waals surface area contributed by atoms with Gasteiger partial charge in [-0.1, -0.05) is 0 Å². The Bertz CT molecular complexity index is 1180. The van der Waals surface area contributed by atoms with Crippen LogP contribution in [-0.2, 0) is 0 Å². The Kier molecular flexibility index (Phi) is 5.72. The molecule has 1 unspecified atom stereocenters. The average Bonchev–Trinajstić information content (AvgIpc) is 2.67. The minimum Gasteiger partial charge on any atom is -0.507 e. The second kappa shape index (κ2) is 8.09. The maximum Gasteiger partial charge on any atom is 0.337 e. The Morgan fingerprint density at radius 3 is 2.40 bits per heavy atom. The Morgan fingerprint density at radius 2 is 1.77 bits per heavy atom. The molecule has 0 radical (unpaired) electrons. The summed E-state index contributed by atoms with van der Waals surface area (Å²) in [6.07, 6.45) is 0.582. The highest BCUT2D eigenvalue weighted by Crippen LogP contribution is 2.38. The molecule has 0 amide bonds. The third kappa shape index (κ3) is 3.82. The molecule has 0 saturated carbocycles. The lowest BCUT2D eigenvalue weighted by molar-refractivity contribution is 0.0698. The molecule has 1 atom stereocenters. The number of aliphatic hydroxyl groups excluding tert-OH is 1. The maximum atomic E-state index is 11.5. The third-order valence-corrected chi connectivity index (χ3v) is 4.59. The van der Waals surface area contributed by atoms with Crippen molar-refractivity contribution in [3.8, 4) is 17.2 Å². The Balaban J connectivity index is 2.23. The lowest BCUT2D eigenvalue weighted by Gasteiger charge is -2.14. The summed E-state index contributed by atoms with van der Waals surface area (Å²) < 4.78 is 0. The van der Waals surface area contributed by atoms with Crippen molar-refractivity contribution >= 4 is 34.3 Å². The number of phenolic OH excluding ortho intramolecular Hbond substituents is 3. The van der Waals surface area contributed by atoms with Gasteiger partial charge in [0.25, 0.3) is 0 Å². The molecule has 10 nitrogen and oxygen atoms in total. The number of aliphatic imine (C=N–C) groups is 1. The first-order valence-corrected chi connectivity index (χ1v) is 9.05. The van der Waals surface area contributed by atoms with Crippen LogP contribution >= 0.6 is 0 Å². The van der Waals surface area contributed by atoms with Crippen LogP contribution in [0, 0.1) is 6.92 Å². The van der Waals surface area contributed by atoms with Crippen LogP contribution in [0.15, 0.2) is 17.1 Å². The van der Waals surface area contributed by atoms with Gasteiger partial charge in [-0.25, -0.2) is 14.8 Å². The summed E-state index contributed by atoms with van der Waals surface area (Å²) in [4.78, 5) is 26.0. The summed E-state index contributed by atoms with van der Waals surface area (Å²) in [5.74, 6) is -2.21. The molecule has 0 aliphatic rings. The summed E-state index contributed by atoms with van der Waals surface area (Å²) in [6, 6.07) is 2.38. The number of aromatic hydroxyl groups is 3. The van der Waals surface area contributed by atoms with Crippen LogP contribution in [0.5, 0.6) is 17.2 Å². The van der Waals surface area contributed by atoms with E-state index in [-0.39, 0.29) is 62.6 Å². The molecule has 0 fully saturated rings. The molecule has 0 aliphatic carbocycles. The van der Waals surface area contributed by atoms with E-state index in [0.717, 1.165) is 0 Å². The predicted molar refractivity (Wildman–Crippen MR) is 111 cm³/mol. The summed E-state index contributed by atoms with van der Waals surface area (Å²) in [5, 5.41) is 50.5. The maximum absolute atomic E-state index is 11.5. The van der Waals surface area contributed by atoms with E-state index in [4.69, 9.17) is 0 Å². The highest BCUT2D eigenvalue weighted by Gasteiger charge is 2.21. The van der Waals surface area contributed by atoms with Crippen molar-refractivity contribution in [1.29, 1.82) is 0 Å². The normalized spacial score (nSPS) is 13.0. The molecule has 1 heterocycles. The standard InChI is InChI=1S/C20H22N4O6/c1-9-18(27)12(7-21-6-10(25)8-24(2)3)15-17(19(9)28)23-14-11(20(29)30)4-5-13(26)16(14)22-15/h4-5,7,10,25-28H,6,8H2,1-3H3,(H,29,30). The van der Waals surface area contributed by atoms with Crippen molar-refractivity contribution in [1.82, 2.24) is 14.9 Å². The van der Waals surface area contributed by atoms with E-state index in [1.165, 1.54) is 25.3 Å². The molecular formula is C20H22N4O6. The SMILES string of the molecule is Cc1c(O)c(C=NCC(O)CN(C)C)c2nc3c(O)ccc(C(=O)O)c3nc2c1O. The van der Waals surface area contributed by atoms with Crippen LogP contribution in [0.25, 0.3) is 22.1 Å². The minimum atomic E-state index is -1.26. The number of hydrogen-bond acceptors (Lipinski definition) is 9. The number of nitrogens with zero attached hydrogens (tertiary/aromatic N) is 4. The number of hydrogen-bond donors (Lipinski definition) is 5. The van der Waals surface area contributed by atoms with Gasteiger partial charge in [0.2, 0.25) is 0 Å². The van der Waals surface area contributed by atoms with Crippen molar-refractivity contribution < 1.29 is 30.3 Å². The second-order valence-electron chi connectivity index (χ2n) is 7.20. The highest BCUT2D eigenvalue weighted by atomic mass is 16.4. The number of benzene rings is 2. The van der Waals surface area contributed by atoms with Crippen LogP contribution in [0.2, 0.25) is 0 Å². The fourth-order valence-corrected chi connectivity index (χ4v) is 3.12. The zero-order valence-electron chi connectivity index (χ0n) is 16.7. The molecule has 1 aromatic heterocycles. The molecule has 0 aliphatic heterocycles. The number of aromatic nitrogens is 2. The van der Waals surface area contributed by atoms with Crippen LogP contribution in [0.1, 0.15) is 21.5 Å². The summed E-state index contributed by atoms with van der Waals surface area (Å²) in [7, 11) is 3.63. The lowest BCUT2D eigenvalue weighted by atomic mass is 10.0. The number of fused-ring (bicyclic) bond motifs is 2. The fraction of sp³-hybridized carbons (Fsp3) is 0.300. The molecule has 30 heavy (non-hydrogen) atoms. The van der Waals surface area contributed by atoms with Crippen LogP contribution < -0.4 is 0 Å². The van der Waals surface area contributed by atoms with Gasteiger partial charge in [-0.2, -0.15) is 0 Å². The van der Waals surface area contributed by atoms with E-state index in [0.29, 0.717) is 6.54 Å². The lowest BCUT2D eigenvalue weighted by Crippen LogP contribution is -2.27. The van der Waals surface area contributed by atoms with Crippen molar-refractivity contribution in [2.45, 2.75) is 13.0 Å². The molecule has 3 rings (SSSR count). The van der Waals surface area contributed by atoms with Gasteiger partial charge in [-0.05, 0) is 33.2 Å². The van der Waals surface area contributed by atoms with E-state index < -0.39 is 12.1 Å². The molecule has 0 bridgehead atoms. The molecular weight excluding hydrogens is 392 g/mol. The number of phenols is 3. The monoisotopic (exact) mass is 414 g/mol.